The van der Waals surface area contributed by atoms with Crippen LogP contribution in [0.15, 0.2) is 91.0 Å². The van der Waals surface area contributed by atoms with Crippen LogP contribution in [-0.2, 0) is 18.6 Å². The highest BCUT2D eigenvalue weighted by Crippen LogP contribution is 2.39. The molecular formula is C36H38FNO4. The Morgan fingerprint density at radius 1 is 0.833 bits per heavy atom. The van der Waals surface area contributed by atoms with Gasteiger partial charge in [-0.2, -0.15) is 5.26 Å². The number of aliphatic hydroxyl groups is 1. The minimum atomic E-state index is -1.29. The van der Waals surface area contributed by atoms with E-state index in [1.165, 1.54) is 12.1 Å². The molecule has 0 spiro atoms. The van der Waals surface area contributed by atoms with E-state index in [-0.39, 0.29) is 5.82 Å². The molecule has 0 saturated heterocycles. The number of hydrogen-bond acceptors (Lipinski definition) is 5. The van der Waals surface area contributed by atoms with Crippen LogP contribution in [0.2, 0.25) is 0 Å². The number of hydrogen-bond donors (Lipinski definition) is 1. The van der Waals surface area contributed by atoms with E-state index in [0.717, 1.165) is 34.4 Å². The summed E-state index contributed by atoms with van der Waals surface area (Å²) in [7, 11) is 0. The van der Waals surface area contributed by atoms with Crippen LogP contribution in [0.4, 0.5) is 4.39 Å². The van der Waals surface area contributed by atoms with Crippen molar-refractivity contribution in [3.05, 3.63) is 114 Å². The van der Waals surface area contributed by atoms with Crippen molar-refractivity contribution < 1.29 is 23.7 Å². The Morgan fingerprint density at radius 2 is 1.50 bits per heavy atom. The van der Waals surface area contributed by atoms with Gasteiger partial charge < -0.3 is 19.3 Å². The van der Waals surface area contributed by atoms with Gasteiger partial charge in [0.2, 0.25) is 0 Å². The molecule has 0 bridgehead atoms. The SMILES string of the molecule is CCc1cc(-c2ccc(F)cc2)c(OCc2ccccc2)cc1OCCCOc1ccccc1C(O)(CC)C(C)C#N. The topological polar surface area (TPSA) is 71.7 Å². The number of benzene rings is 4. The van der Waals surface area contributed by atoms with Crippen molar-refractivity contribution in [1.82, 2.24) is 0 Å². The third-order valence-corrected chi connectivity index (χ3v) is 7.54. The third-order valence-electron chi connectivity index (χ3n) is 7.54. The molecule has 2 atom stereocenters. The monoisotopic (exact) mass is 567 g/mol. The zero-order chi connectivity index (χ0) is 30.0. The molecule has 4 aromatic rings. The smallest absolute Gasteiger partial charge is 0.131 e. The van der Waals surface area contributed by atoms with Crippen molar-refractivity contribution in [3.63, 3.8) is 0 Å². The van der Waals surface area contributed by atoms with Crippen molar-refractivity contribution in [3.8, 4) is 34.4 Å². The Balaban J connectivity index is 1.48. The fourth-order valence-corrected chi connectivity index (χ4v) is 4.94. The van der Waals surface area contributed by atoms with E-state index in [4.69, 9.17) is 14.2 Å². The van der Waals surface area contributed by atoms with Gasteiger partial charge in [-0.25, -0.2) is 4.39 Å². The molecule has 218 valence electrons. The molecule has 0 fully saturated rings. The van der Waals surface area contributed by atoms with E-state index >= 15 is 0 Å². The maximum atomic E-state index is 13.7. The van der Waals surface area contributed by atoms with Crippen molar-refractivity contribution in [1.29, 1.82) is 5.26 Å². The van der Waals surface area contributed by atoms with Gasteiger partial charge in [0.25, 0.3) is 0 Å². The highest BCUT2D eigenvalue weighted by molar-refractivity contribution is 5.73. The largest absolute Gasteiger partial charge is 0.493 e. The summed E-state index contributed by atoms with van der Waals surface area (Å²) >= 11 is 0. The molecule has 6 heteroatoms. The lowest BCUT2D eigenvalue weighted by Gasteiger charge is -2.31. The summed E-state index contributed by atoms with van der Waals surface area (Å²) in [6.07, 6.45) is 1.75. The lowest BCUT2D eigenvalue weighted by atomic mass is 9.80. The van der Waals surface area contributed by atoms with Crippen LogP contribution in [0.5, 0.6) is 17.2 Å². The van der Waals surface area contributed by atoms with Gasteiger partial charge in [-0.1, -0.05) is 74.5 Å². The van der Waals surface area contributed by atoms with Crippen LogP contribution in [0.3, 0.4) is 0 Å². The maximum absolute atomic E-state index is 13.7. The molecule has 4 rings (SSSR count). The van der Waals surface area contributed by atoms with E-state index in [1.807, 2.05) is 67.6 Å². The first kappa shape index (κ1) is 30.6. The summed E-state index contributed by atoms with van der Waals surface area (Å²) in [6, 6.07) is 29.8. The summed E-state index contributed by atoms with van der Waals surface area (Å²) in [4.78, 5) is 0. The summed E-state index contributed by atoms with van der Waals surface area (Å²) in [6.45, 7) is 6.83. The number of nitrogens with zero attached hydrogens (tertiary/aromatic N) is 1. The Kier molecular flexibility index (Phi) is 10.6. The third kappa shape index (κ3) is 7.29. The second-order valence-corrected chi connectivity index (χ2v) is 10.3. The average molecular weight is 568 g/mol. The zero-order valence-corrected chi connectivity index (χ0v) is 24.5. The highest BCUT2D eigenvalue weighted by atomic mass is 19.1. The minimum Gasteiger partial charge on any atom is -0.493 e. The van der Waals surface area contributed by atoms with Crippen molar-refractivity contribution in [2.45, 2.75) is 52.2 Å². The maximum Gasteiger partial charge on any atom is 0.131 e. The molecule has 2 unspecified atom stereocenters. The number of halogens is 1. The van der Waals surface area contributed by atoms with E-state index < -0.39 is 11.5 Å². The van der Waals surface area contributed by atoms with Crippen LogP contribution in [0, 0.1) is 23.1 Å². The van der Waals surface area contributed by atoms with Crippen LogP contribution in [0.1, 0.15) is 50.3 Å². The predicted octanol–water partition coefficient (Wildman–Crippen LogP) is 8.24. The standard InChI is InChI=1S/C36H38FNO4/c1-4-28-22-31(29-16-18-30(37)19-17-29)35(42-25-27-12-7-6-8-13-27)23-34(28)41-21-11-20-40-33-15-10-9-14-32(33)36(39,5-2)26(3)24-38/h6-10,12-19,22-23,26,39H,4-5,11,20-21,25H2,1-3H3. The Labute approximate surface area is 248 Å². The number of nitriles is 1. The molecule has 5 nitrogen and oxygen atoms in total. The molecule has 0 heterocycles. The molecular weight excluding hydrogens is 529 g/mol. The first-order valence-electron chi connectivity index (χ1n) is 14.5. The molecule has 0 saturated carbocycles. The van der Waals surface area contributed by atoms with E-state index in [1.54, 1.807) is 19.1 Å². The number of rotatable bonds is 14. The first-order valence-corrected chi connectivity index (χ1v) is 14.5. The Hall–Kier alpha value is -4.34. The quantitative estimate of drug-likeness (QED) is 0.155. The molecule has 0 amide bonds. The lowest BCUT2D eigenvalue weighted by Crippen LogP contribution is -2.32. The summed E-state index contributed by atoms with van der Waals surface area (Å²) < 4.78 is 32.2. The molecule has 4 aromatic carbocycles. The van der Waals surface area contributed by atoms with Gasteiger partial charge in [-0.05, 0) is 60.7 Å². The number of aryl methyl sites for hydroxylation is 1. The van der Waals surface area contributed by atoms with Crippen LogP contribution < -0.4 is 14.2 Å². The Morgan fingerprint density at radius 3 is 2.17 bits per heavy atom. The van der Waals surface area contributed by atoms with Gasteiger partial charge in [0.15, 0.2) is 0 Å². The van der Waals surface area contributed by atoms with Crippen molar-refractivity contribution in [2.75, 3.05) is 13.2 Å². The van der Waals surface area contributed by atoms with Crippen LogP contribution >= 0.6 is 0 Å². The normalized spacial score (nSPS) is 13.0. The molecule has 0 aromatic heterocycles. The Bertz CT molecular complexity index is 1480. The summed E-state index contributed by atoms with van der Waals surface area (Å²) in [5, 5.41) is 20.7. The fraction of sp³-hybridized carbons (Fsp3) is 0.306. The molecule has 42 heavy (non-hydrogen) atoms. The molecule has 0 aliphatic rings. The molecule has 1 N–H and O–H groups in total. The number of ether oxygens (including phenoxy) is 3. The van der Waals surface area contributed by atoms with Gasteiger partial charge in [-0.3, -0.25) is 0 Å². The van der Waals surface area contributed by atoms with Crippen LogP contribution in [-0.4, -0.2) is 18.3 Å². The van der Waals surface area contributed by atoms with E-state index in [9.17, 15) is 14.8 Å². The molecule has 0 aliphatic carbocycles. The molecule has 0 radical (unpaired) electrons. The molecule has 0 aliphatic heterocycles. The highest BCUT2D eigenvalue weighted by Gasteiger charge is 2.36. The van der Waals surface area contributed by atoms with Gasteiger partial charge in [0, 0.05) is 23.6 Å². The van der Waals surface area contributed by atoms with Crippen molar-refractivity contribution in [2.24, 2.45) is 5.92 Å². The van der Waals surface area contributed by atoms with Crippen molar-refractivity contribution >= 4 is 0 Å². The zero-order valence-electron chi connectivity index (χ0n) is 24.5. The second-order valence-electron chi connectivity index (χ2n) is 10.3. The van der Waals surface area contributed by atoms with Gasteiger partial charge in [0.05, 0.1) is 25.2 Å². The minimum absolute atomic E-state index is 0.287. The van der Waals surface area contributed by atoms with E-state index in [0.29, 0.717) is 49.7 Å². The second kappa shape index (κ2) is 14.5. The average Bonchev–Trinajstić information content (AvgIpc) is 3.03. The van der Waals surface area contributed by atoms with Gasteiger partial charge in [-0.15, -0.1) is 0 Å². The predicted molar refractivity (Wildman–Crippen MR) is 163 cm³/mol. The summed E-state index contributed by atoms with van der Waals surface area (Å²) in [5.74, 6) is 1.09. The van der Waals surface area contributed by atoms with E-state index in [2.05, 4.69) is 19.1 Å². The fourth-order valence-electron chi connectivity index (χ4n) is 4.94. The number of para-hydroxylation sites is 1. The lowest BCUT2D eigenvalue weighted by molar-refractivity contribution is -0.00304. The summed E-state index contributed by atoms with van der Waals surface area (Å²) in [5.41, 5.74) is 3.13. The van der Waals surface area contributed by atoms with Crippen LogP contribution in [0.25, 0.3) is 11.1 Å². The first-order chi connectivity index (χ1) is 20.4. The van der Waals surface area contributed by atoms with Gasteiger partial charge in [0.1, 0.15) is 35.3 Å². The van der Waals surface area contributed by atoms with Gasteiger partial charge >= 0.3 is 0 Å².